The summed E-state index contributed by atoms with van der Waals surface area (Å²) >= 11 is 0. The van der Waals surface area contributed by atoms with Crippen LogP contribution in [0, 0.1) is 5.92 Å². The summed E-state index contributed by atoms with van der Waals surface area (Å²) < 4.78 is 0. The molecular weight excluding hydrogens is 206 g/mol. The van der Waals surface area contributed by atoms with Crippen LogP contribution in [0.3, 0.4) is 0 Å². The zero-order valence-electron chi connectivity index (χ0n) is 10.1. The van der Waals surface area contributed by atoms with Crippen LogP contribution in [-0.2, 0) is 9.59 Å². The Balaban J connectivity index is 3.09. The molecule has 0 radical (unpaired) electrons. The summed E-state index contributed by atoms with van der Waals surface area (Å²) in [6.07, 6.45) is 2.00. The molecule has 0 bridgehead atoms. The van der Waals surface area contributed by atoms with Crippen LogP contribution in [0.15, 0.2) is 11.3 Å². The Kier molecular flexibility index (Phi) is 4.10. The fraction of sp³-hybridized carbons (Fsp3) is 0.667. The van der Waals surface area contributed by atoms with Gasteiger partial charge in [-0.25, -0.2) is 0 Å². The van der Waals surface area contributed by atoms with Gasteiger partial charge in [-0.3, -0.25) is 4.79 Å². The number of aliphatic carboxylic acids is 1. The SMILES string of the molecule is CCN(C(C)=O)C1=C(C(=O)[O-])CCC(C)C1. The average Bonchev–Trinajstić information content (AvgIpc) is 2.17. The van der Waals surface area contributed by atoms with Gasteiger partial charge in [-0.15, -0.1) is 0 Å². The first-order chi connectivity index (χ1) is 7.47. The van der Waals surface area contributed by atoms with E-state index in [-0.39, 0.29) is 5.91 Å². The molecule has 0 aromatic carbocycles. The number of nitrogens with zero attached hydrogens (tertiary/aromatic N) is 1. The van der Waals surface area contributed by atoms with Crippen LogP contribution in [0.25, 0.3) is 0 Å². The Morgan fingerprint density at radius 3 is 2.56 bits per heavy atom. The predicted molar refractivity (Wildman–Crippen MR) is 58.1 cm³/mol. The largest absolute Gasteiger partial charge is 0.545 e. The van der Waals surface area contributed by atoms with Crippen molar-refractivity contribution in [1.29, 1.82) is 0 Å². The number of hydrogen-bond acceptors (Lipinski definition) is 3. The molecule has 1 atom stereocenters. The zero-order valence-corrected chi connectivity index (χ0v) is 10.1. The molecule has 1 unspecified atom stereocenters. The van der Waals surface area contributed by atoms with Gasteiger partial charge in [0.1, 0.15) is 0 Å². The van der Waals surface area contributed by atoms with E-state index in [1.54, 1.807) is 4.90 Å². The summed E-state index contributed by atoms with van der Waals surface area (Å²) in [6.45, 7) is 5.89. The van der Waals surface area contributed by atoms with Gasteiger partial charge < -0.3 is 14.8 Å². The number of allylic oxidation sites excluding steroid dienone is 1. The highest BCUT2D eigenvalue weighted by Gasteiger charge is 2.24. The fourth-order valence-corrected chi connectivity index (χ4v) is 2.19. The normalized spacial score (nSPS) is 20.8. The molecule has 0 heterocycles. The first kappa shape index (κ1) is 12.7. The van der Waals surface area contributed by atoms with Crippen molar-refractivity contribution >= 4 is 11.9 Å². The van der Waals surface area contributed by atoms with Crippen molar-refractivity contribution in [3.05, 3.63) is 11.3 Å². The number of carbonyl (C=O) groups excluding carboxylic acids is 2. The molecule has 16 heavy (non-hydrogen) atoms. The van der Waals surface area contributed by atoms with Crippen LogP contribution in [0.1, 0.15) is 40.0 Å². The van der Waals surface area contributed by atoms with Crippen molar-refractivity contribution in [2.24, 2.45) is 5.92 Å². The highest BCUT2D eigenvalue weighted by molar-refractivity contribution is 5.87. The molecule has 0 N–H and O–H groups in total. The number of hydrogen-bond donors (Lipinski definition) is 0. The first-order valence-corrected chi connectivity index (χ1v) is 5.68. The van der Waals surface area contributed by atoms with Crippen LogP contribution >= 0.6 is 0 Å². The van der Waals surface area contributed by atoms with Gasteiger partial charge in [0.25, 0.3) is 0 Å². The monoisotopic (exact) mass is 224 g/mol. The average molecular weight is 224 g/mol. The molecule has 0 saturated carbocycles. The molecule has 0 aromatic heterocycles. The molecule has 1 aliphatic rings. The van der Waals surface area contributed by atoms with E-state index in [4.69, 9.17) is 0 Å². The highest BCUT2D eigenvalue weighted by Crippen LogP contribution is 2.31. The molecule has 1 aliphatic carbocycles. The van der Waals surface area contributed by atoms with Crippen molar-refractivity contribution < 1.29 is 14.7 Å². The van der Waals surface area contributed by atoms with E-state index in [0.29, 0.717) is 36.6 Å². The van der Waals surface area contributed by atoms with Gasteiger partial charge in [0.2, 0.25) is 5.91 Å². The molecule has 1 amide bonds. The van der Waals surface area contributed by atoms with Gasteiger partial charge in [0.15, 0.2) is 0 Å². The summed E-state index contributed by atoms with van der Waals surface area (Å²) in [5, 5.41) is 11.0. The van der Waals surface area contributed by atoms with E-state index < -0.39 is 5.97 Å². The number of carboxylic acids is 1. The van der Waals surface area contributed by atoms with E-state index in [2.05, 4.69) is 6.92 Å². The highest BCUT2D eigenvalue weighted by atomic mass is 16.4. The molecule has 0 fully saturated rings. The molecule has 0 saturated heterocycles. The maximum Gasteiger partial charge on any atom is 0.223 e. The number of amides is 1. The Labute approximate surface area is 95.9 Å². The van der Waals surface area contributed by atoms with Crippen molar-refractivity contribution in [1.82, 2.24) is 4.90 Å². The third-order valence-electron chi connectivity index (χ3n) is 3.05. The smallest absolute Gasteiger partial charge is 0.223 e. The second kappa shape index (κ2) is 5.14. The van der Waals surface area contributed by atoms with E-state index in [9.17, 15) is 14.7 Å². The standard InChI is InChI=1S/C12H19NO3/c1-4-13(9(3)14)11-7-8(2)5-6-10(11)12(15)16/h8H,4-7H2,1-3H3,(H,15,16)/p-1. The number of rotatable bonds is 3. The number of carboxylic acid groups (broad SMARTS) is 1. The Bertz CT molecular complexity index is 333. The minimum Gasteiger partial charge on any atom is -0.545 e. The Hall–Kier alpha value is -1.32. The number of carbonyl (C=O) groups is 2. The van der Waals surface area contributed by atoms with Crippen molar-refractivity contribution in [3.8, 4) is 0 Å². The first-order valence-electron chi connectivity index (χ1n) is 5.68. The maximum atomic E-state index is 11.4. The van der Waals surface area contributed by atoms with E-state index in [1.165, 1.54) is 6.92 Å². The Morgan fingerprint density at radius 2 is 2.12 bits per heavy atom. The second-order valence-corrected chi connectivity index (χ2v) is 4.32. The van der Waals surface area contributed by atoms with Gasteiger partial charge in [-0.1, -0.05) is 6.92 Å². The topological polar surface area (TPSA) is 60.4 Å². The summed E-state index contributed by atoms with van der Waals surface area (Å²) in [5.41, 5.74) is 0.948. The molecule has 0 spiro atoms. The van der Waals surface area contributed by atoms with Gasteiger partial charge in [-0.05, 0) is 37.7 Å². The van der Waals surface area contributed by atoms with E-state index >= 15 is 0 Å². The minimum atomic E-state index is -1.14. The lowest BCUT2D eigenvalue weighted by Gasteiger charge is -2.32. The van der Waals surface area contributed by atoms with Gasteiger partial charge >= 0.3 is 0 Å². The van der Waals surface area contributed by atoms with Gasteiger partial charge in [0.05, 0.1) is 5.97 Å². The Morgan fingerprint density at radius 1 is 1.50 bits per heavy atom. The van der Waals surface area contributed by atoms with Gasteiger partial charge in [0, 0.05) is 19.2 Å². The molecular formula is C12H18NO3-. The summed E-state index contributed by atoms with van der Waals surface area (Å²) in [6, 6.07) is 0. The predicted octanol–water partition coefficient (Wildman–Crippen LogP) is 0.679. The van der Waals surface area contributed by atoms with Crippen LogP contribution in [0.5, 0.6) is 0 Å². The molecule has 4 heteroatoms. The van der Waals surface area contributed by atoms with Crippen molar-refractivity contribution in [2.75, 3.05) is 6.54 Å². The van der Waals surface area contributed by atoms with Crippen LogP contribution in [0.2, 0.25) is 0 Å². The quantitative estimate of drug-likeness (QED) is 0.708. The zero-order chi connectivity index (χ0) is 12.3. The molecule has 90 valence electrons. The van der Waals surface area contributed by atoms with Gasteiger partial charge in [-0.2, -0.15) is 0 Å². The van der Waals surface area contributed by atoms with Crippen molar-refractivity contribution in [3.63, 3.8) is 0 Å². The molecule has 0 aromatic rings. The lowest BCUT2D eigenvalue weighted by atomic mass is 9.87. The van der Waals surface area contributed by atoms with Crippen LogP contribution < -0.4 is 5.11 Å². The summed E-state index contributed by atoms with van der Waals surface area (Å²) in [4.78, 5) is 24.0. The van der Waals surface area contributed by atoms with Crippen LogP contribution in [-0.4, -0.2) is 23.3 Å². The van der Waals surface area contributed by atoms with Crippen molar-refractivity contribution in [2.45, 2.75) is 40.0 Å². The third kappa shape index (κ3) is 2.62. The molecule has 0 aliphatic heterocycles. The summed E-state index contributed by atoms with van der Waals surface area (Å²) in [7, 11) is 0. The van der Waals surface area contributed by atoms with E-state index in [1.807, 2.05) is 6.92 Å². The van der Waals surface area contributed by atoms with E-state index in [0.717, 1.165) is 6.42 Å². The van der Waals surface area contributed by atoms with Crippen LogP contribution in [0.4, 0.5) is 0 Å². The molecule has 4 nitrogen and oxygen atoms in total. The summed E-state index contributed by atoms with van der Waals surface area (Å²) in [5.74, 6) is -0.821. The second-order valence-electron chi connectivity index (χ2n) is 4.32. The lowest BCUT2D eigenvalue weighted by molar-refractivity contribution is -0.299. The fourth-order valence-electron chi connectivity index (χ4n) is 2.19. The third-order valence-corrected chi connectivity index (χ3v) is 3.05. The lowest BCUT2D eigenvalue weighted by Crippen LogP contribution is -2.36. The minimum absolute atomic E-state index is 0.106. The maximum absolute atomic E-state index is 11.4. The molecule has 1 rings (SSSR count).